The number of ether oxygens (including phenoxy) is 2. The summed E-state index contributed by atoms with van der Waals surface area (Å²) in [7, 11) is 0. The maximum atomic E-state index is 12.3. The van der Waals surface area contributed by atoms with Gasteiger partial charge in [0.25, 0.3) is 11.8 Å². The van der Waals surface area contributed by atoms with Gasteiger partial charge in [-0.2, -0.15) is 0 Å². The monoisotopic (exact) mass is 273 g/mol. The van der Waals surface area contributed by atoms with Crippen molar-refractivity contribution in [1.29, 1.82) is 0 Å². The Kier molecular flexibility index (Phi) is 2.49. The number of epoxide rings is 1. The van der Waals surface area contributed by atoms with E-state index in [1.54, 1.807) is 24.3 Å². The van der Waals surface area contributed by atoms with E-state index in [9.17, 15) is 9.59 Å². The number of benzene rings is 1. The average molecular weight is 273 g/mol. The second kappa shape index (κ2) is 4.14. The van der Waals surface area contributed by atoms with Crippen LogP contribution in [0.15, 0.2) is 24.3 Å². The molecule has 3 aliphatic heterocycles. The van der Waals surface area contributed by atoms with E-state index in [-0.39, 0.29) is 36.2 Å². The molecule has 0 bridgehead atoms. The van der Waals surface area contributed by atoms with E-state index < -0.39 is 0 Å². The van der Waals surface area contributed by atoms with E-state index in [2.05, 4.69) is 0 Å². The molecule has 104 valence electrons. The van der Waals surface area contributed by atoms with Crippen LogP contribution in [0.3, 0.4) is 0 Å². The van der Waals surface area contributed by atoms with Crippen LogP contribution in [0.4, 0.5) is 0 Å². The zero-order valence-electron chi connectivity index (χ0n) is 11.1. The molecule has 0 saturated carbocycles. The van der Waals surface area contributed by atoms with Gasteiger partial charge in [0.05, 0.1) is 36.0 Å². The van der Waals surface area contributed by atoms with Crippen molar-refractivity contribution >= 4 is 11.8 Å². The van der Waals surface area contributed by atoms with Gasteiger partial charge in [-0.05, 0) is 19.1 Å². The number of imide groups is 1. The molecule has 1 aromatic carbocycles. The average Bonchev–Trinajstić information content (AvgIpc) is 3.19. The fourth-order valence-corrected chi connectivity index (χ4v) is 3.18. The van der Waals surface area contributed by atoms with E-state index in [0.29, 0.717) is 17.7 Å². The lowest BCUT2D eigenvalue weighted by Gasteiger charge is -2.27. The normalized spacial score (nSPS) is 35.0. The van der Waals surface area contributed by atoms with Gasteiger partial charge >= 0.3 is 0 Å². The van der Waals surface area contributed by atoms with Gasteiger partial charge in [-0.25, -0.2) is 0 Å². The number of carbonyl (C=O) groups excluding carboxylic acids is 2. The van der Waals surface area contributed by atoms with Crippen LogP contribution in [0.1, 0.15) is 34.1 Å². The lowest BCUT2D eigenvalue weighted by molar-refractivity contribution is -0.0368. The van der Waals surface area contributed by atoms with Crippen LogP contribution in [0.5, 0.6) is 0 Å². The van der Waals surface area contributed by atoms with Crippen molar-refractivity contribution in [3.05, 3.63) is 35.4 Å². The van der Waals surface area contributed by atoms with Crippen molar-refractivity contribution in [1.82, 2.24) is 4.90 Å². The number of nitrogens with zero attached hydrogens (tertiary/aromatic N) is 1. The molecule has 2 amide bonds. The summed E-state index contributed by atoms with van der Waals surface area (Å²) in [4.78, 5) is 25.8. The molecule has 5 nitrogen and oxygen atoms in total. The molecule has 1 aromatic rings. The molecule has 5 heteroatoms. The fraction of sp³-hybridized carbons (Fsp3) is 0.467. The van der Waals surface area contributed by atoms with Gasteiger partial charge in [0.15, 0.2) is 0 Å². The van der Waals surface area contributed by atoms with Gasteiger partial charge < -0.3 is 9.47 Å². The number of carbonyl (C=O) groups is 2. The molecule has 0 aromatic heterocycles. The Balaban J connectivity index is 1.53. The molecule has 2 saturated heterocycles. The van der Waals surface area contributed by atoms with Crippen molar-refractivity contribution in [2.24, 2.45) is 0 Å². The SMILES string of the molecule is C[C@H]1O[C@@H](CN2C(=O)c3ccccc3C2=O)C[C@@H]2O[C@@H]21. The number of fused-ring (bicyclic) bond motifs is 2. The Hall–Kier alpha value is -1.72. The van der Waals surface area contributed by atoms with Crippen LogP contribution in [0.2, 0.25) is 0 Å². The smallest absolute Gasteiger partial charge is 0.261 e. The summed E-state index contributed by atoms with van der Waals surface area (Å²) in [6.45, 7) is 2.28. The Morgan fingerprint density at radius 3 is 2.40 bits per heavy atom. The molecule has 4 atom stereocenters. The lowest BCUT2D eigenvalue weighted by Crippen LogP contribution is -2.42. The molecular formula is C15H15NO4. The van der Waals surface area contributed by atoms with E-state index >= 15 is 0 Å². The van der Waals surface area contributed by atoms with Gasteiger partial charge in [-0.3, -0.25) is 14.5 Å². The van der Waals surface area contributed by atoms with Gasteiger partial charge in [-0.1, -0.05) is 12.1 Å². The van der Waals surface area contributed by atoms with E-state index in [1.165, 1.54) is 4.90 Å². The Bertz CT molecular complexity index is 564. The highest BCUT2D eigenvalue weighted by Gasteiger charge is 2.50. The highest BCUT2D eigenvalue weighted by Crippen LogP contribution is 2.37. The first-order valence-electron chi connectivity index (χ1n) is 6.91. The molecule has 0 radical (unpaired) electrons. The summed E-state index contributed by atoms with van der Waals surface area (Å²) < 4.78 is 11.3. The molecule has 0 unspecified atom stereocenters. The van der Waals surface area contributed by atoms with Crippen molar-refractivity contribution in [3.63, 3.8) is 0 Å². The fourth-order valence-electron chi connectivity index (χ4n) is 3.18. The molecule has 3 aliphatic rings. The van der Waals surface area contributed by atoms with Gasteiger partial charge in [0.2, 0.25) is 0 Å². The standard InChI is InChI=1S/C15H15NO4/c1-8-13-12(20-13)6-9(19-8)7-16-14(17)10-4-2-3-5-11(10)15(16)18/h2-5,8-9,12-13H,6-7H2,1H3/t8-,9-,12+,13-/m1/s1. The first-order chi connectivity index (χ1) is 9.65. The van der Waals surface area contributed by atoms with Crippen LogP contribution in [-0.4, -0.2) is 47.7 Å². The molecule has 0 aliphatic carbocycles. The summed E-state index contributed by atoms with van der Waals surface area (Å²) >= 11 is 0. The van der Waals surface area contributed by atoms with Crippen LogP contribution in [0.25, 0.3) is 0 Å². The van der Waals surface area contributed by atoms with Crippen molar-refractivity contribution in [3.8, 4) is 0 Å². The maximum absolute atomic E-state index is 12.3. The van der Waals surface area contributed by atoms with E-state index in [0.717, 1.165) is 6.42 Å². The number of hydrogen-bond acceptors (Lipinski definition) is 4. The molecular weight excluding hydrogens is 258 g/mol. The third-order valence-corrected chi connectivity index (χ3v) is 4.25. The topological polar surface area (TPSA) is 59.1 Å². The van der Waals surface area contributed by atoms with Crippen molar-refractivity contribution in [2.75, 3.05) is 6.54 Å². The molecule has 0 spiro atoms. The van der Waals surface area contributed by atoms with Gasteiger partial charge in [-0.15, -0.1) is 0 Å². The minimum absolute atomic E-state index is 0.0360. The summed E-state index contributed by atoms with van der Waals surface area (Å²) in [6, 6.07) is 6.94. The summed E-state index contributed by atoms with van der Waals surface area (Å²) in [5, 5.41) is 0. The summed E-state index contributed by atoms with van der Waals surface area (Å²) in [5.74, 6) is -0.443. The quantitative estimate of drug-likeness (QED) is 0.600. The van der Waals surface area contributed by atoms with E-state index in [1.807, 2.05) is 6.92 Å². The molecule has 20 heavy (non-hydrogen) atoms. The number of rotatable bonds is 2. The Labute approximate surface area is 116 Å². The van der Waals surface area contributed by atoms with Gasteiger partial charge in [0, 0.05) is 6.42 Å². The minimum Gasteiger partial charge on any atom is -0.371 e. The molecule has 0 N–H and O–H groups in total. The van der Waals surface area contributed by atoms with Crippen molar-refractivity contribution in [2.45, 2.75) is 37.8 Å². The first kappa shape index (κ1) is 12.1. The third kappa shape index (κ3) is 1.70. The second-order valence-corrected chi connectivity index (χ2v) is 5.60. The highest BCUT2D eigenvalue weighted by atomic mass is 16.6. The first-order valence-corrected chi connectivity index (χ1v) is 6.91. The predicted molar refractivity (Wildman–Crippen MR) is 69.4 cm³/mol. The predicted octanol–water partition coefficient (Wildman–Crippen LogP) is 1.23. The molecule has 2 fully saturated rings. The highest BCUT2D eigenvalue weighted by molar-refractivity contribution is 6.21. The maximum Gasteiger partial charge on any atom is 0.261 e. The minimum atomic E-state index is -0.222. The van der Waals surface area contributed by atoms with Crippen LogP contribution >= 0.6 is 0 Å². The third-order valence-electron chi connectivity index (χ3n) is 4.25. The molecule has 4 rings (SSSR count). The zero-order valence-corrected chi connectivity index (χ0v) is 11.1. The Morgan fingerprint density at radius 2 is 1.80 bits per heavy atom. The number of hydrogen-bond donors (Lipinski definition) is 0. The zero-order chi connectivity index (χ0) is 13.9. The van der Waals surface area contributed by atoms with Crippen LogP contribution < -0.4 is 0 Å². The Morgan fingerprint density at radius 1 is 1.15 bits per heavy atom. The summed E-state index contributed by atoms with van der Waals surface area (Å²) in [5.41, 5.74) is 0.976. The number of amides is 2. The second-order valence-electron chi connectivity index (χ2n) is 5.60. The molecule has 3 heterocycles. The van der Waals surface area contributed by atoms with Gasteiger partial charge in [0.1, 0.15) is 6.10 Å². The van der Waals surface area contributed by atoms with Crippen LogP contribution in [-0.2, 0) is 9.47 Å². The van der Waals surface area contributed by atoms with E-state index in [4.69, 9.17) is 9.47 Å². The van der Waals surface area contributed by atoms with Crippen molar-refractivity contribution < 1.29 is 19.1 Å². The summed E-state index contributed by atoms with van der Waals surface area (Å²) in [6.07, 6.45) is 1.10. The lowest BCUT2D eigenvalue weighted by atomic mass is 10.0. The van der Waals surface area contributed by atoms with Crippen LogP contribution in [0, 0.1) is 0 Å². The largest absolute Gasteiger partial charge is 0.371 e.